The molecule has 0 N–H and O–H groups in total. The van der Waals surface area contributed by atoms with Crippen LogP contribution in [0.1, 0.15) is 38.8 Å². The van der Waals surface area contributed by atoms with Crippen LogP contribution in [0.25, 0.3) is 0 Å². The summed E-state index contributed by atoms with van der Waals surface area (Å²) >= 11 is 0. The van der Waals surface area contributed by atoms with Gasteiger partial charge >= 0.3 is 0 Å². The first-order valence-electron chi connectivity index (χ1n) is 5.46. The number of hydrogen-bond acceptors (Lipinski definition) is 2. The zero-order valence-corrected chi connectivity index (χ0v) is 12.0. The van der Waals surface area contributed by atoms with E-state index < -0.39 is 0 Å². The zero-order chi connectivity index (χ0) is 12.0. The highest BCUT2D eigenvalue weighted by Gasteiger charge is 2.09. The molecule has 0 saturated heterocycles. The van der Waals surface area contributed by atoms with Crippen LogP contribution in [0.2, 0.25) is 0 Å². The molecule has 0 radical (unpaired) electrons. The Labute approximate surface area is 107 Å². The van der Waals surface area contributed by atoms with Gasteiger partial charge in [-0.3, -0.25) is 0 Å². The Morgan fingerprint density at radius 2 is 1.75 bits per heavy atom. The molecule has 0 unspecified atom stereocenters. The van der Waals surface area contributed by atoms with Gasteiger partial charge in [0.05, 0.1) is 0 Å². The maximum atomic E-state index is 3.16. The summed E-state index contributed by atoms with van der Waals surface area (Å²) in [6.45, 7) is 8.75. The van der Waals surface area contributed by atoms with Crippen molar-refractivity contribution in [1.29, 1.82) is 0 Å². The lowest BCUT2D eigenvalue weighted by molar-refractivity contribution is 0.810. The van der Waals surface area contributed by atoms with Crippen molar-refractivity contribution in [3.63, 3.8) is 0 Å². The third-order valence-corrected chi connectivity index (χ3v) is 4.66. The largest absolute Gasteiger partial charge is 0.0745 e. The molecule has 0 amide bonds. The van der Waals surface area contributed by atoms with Crippen LogP contribution in [0.4, 0.5) is 0 Å². The van der Waals surface area contributed by atoms with Crippen molar-refractivity contribution in [2.24, 2.45) is 0 Å². The van der Waals surface area contributed by atoms with Gasteiger partial charge in [-0.05, 0) is 40.2 Å². The summed E-state index contributed by atoms with van der Waals surface area (Å²) in [6.07, 6.45) is 1.09. The predicted molar refractivity (Wildman–Crippen MR) is 77.6 cm³/mol. The van der Waals surface area contributed by atoms with Crippen molar-refractivity contribution < 1.29 is 0 Å². The van der Waals surface area contributed by atoms with Crippen molar-refractivity contribution >= 4 is 21.6 Å². The molecule has 0 spiro atoms. The van der Waals surface area contributed by atoms with Crippen LogP contribution in [0.5, 0.6) is 0 Å². The van der Waals surface area contributed by atoms with Crippen molar-refractivity contribution in [3.8, 4) is 11.2 Å². The van der Waals surface area contributed by atoms with E-state index in [9.17, 15) is 0 Å². The molecule has 2 heteroatoms. The summed E-state index contributed by atoms with van der Waals surface area (Å²) in [7, 11) is 3.42. The summed E-state index contributed by atoms with van der Waals surface area (Å²) in [5, 5.41) is 3.13. The zero-order valence-electron chi connectivity index (χ0n) is 10.3. The van der Waals surface area contributed by atoms with Gasteiger partial charge < -0.3 is 0 Å². The highest BCUT2D eigenvalue weighted by Crippen LogP contribution is 2.34. The van der Waals surface area contributed by atoms with E-state index in [1.54, 1.807) is 21.6 Å². The second kappa shape index (κ2) is 6.27. The Morgan fingerprint density at radius 1 is 1.12 bits per heavy atom. The normalized spacial score (nSPS) is 10.8. The van der Waals surface area contributed by atoms with E-state index in [-0.39, 0.29) is 4.75 Å². The van der Waals surface area contributed by atoms with E-state index in [1.807, 2.05) is 0 Å². The van der Waals surface area contributed by atoms with Gasteiger partial charge in [0.1, 0.15) is 0 Å². The van der Waals surface area contributed by atoms with E-state index in [2.05, 4.69) is 63.1 Å². The summed E-state index contributed by atoms with van der Waals surface area (Å²) in [5.74, 6) is 3.16. The Balaban J connectivity index is 2.50. The fourth-order valence-electron chi connectivity index (χ4n) is 1.05. The second-order valence-corrected chi connectivity index (χ2v) is 7.32. The Morgan fingerprint density at radius 3 is 2.25 bits per heavy atom. The Bertz CT molecular complexity index is 374. The molecule has 1 aromatic rings. The minimum absolute atomic E-state index is 0.269. The van der Waals surface area contributed by atoms with Crippen molar-refractivity contribution in [1.82, 2.24) is 0 Å². The fourth-order valence-corrected chi connectivity index (χ4v) is 2.50. The van der Waals surface area contributed by atoms with E-state index in [0.29, 0.717) is 0 Å². The Kier molecular flexibility index (Phi) is 5.31. The van der Waals surface area contributed by atoms with Crippen LogP contribution in [-0.4, -0.2) is 4.75 Å². The predicted octanol–water partition coefficient (Wildman–Crippen LogP) is 4.74. The number of benzene rings is 1. The molecule has 0 aliphatic heterocycles. The van der Waals surface area contributed by atoms with Crippen molar-refractivity contribution in [2.75, 3.05) is 0 Å². The lowest BCUT2D eigenvalue weighted by atomic mass is 10.1. The second-order valence-electron chi connectivity index (χ2n) is 4.56. The summed E-state index contributed by atoms with van der Waals surface area (Å²) in [5.41, 5.74) is 2.46. The van der Waals surface area contributed by atoms with E-state index in [4.69, 9.17) is 0 Å². The standard InChI is InChI=1S/C14H18S2/c1-5-12-6-8-13(9-7-12)10-11-15-16-14(2,3)4/h6-9H,5H2,1-4H3. The maximum Gasteiger partial charge on any atom is 0.0254 e. The molecule has 0 fully saturated rings. The minimum Gasteiger partial charge on any atom is -0.0745 e. The SMILES string of the molecule is CCc1ccc(C#CSSC(C)(C)C)cc1. The Hall–Kier alpha value is -0.520. The molecule has 0 aromatic heterocycles. The highest BCUT2D eigenvalue weighted by atomic mass is 33.1. The highest BCUT2D eigenvalue weighted by molar-refractivity contribution is 8.79. The fraction of sp³-hybridized carbons (Fsp3) is 0.429. The topological polar surface area (TPSA) is 0 Å². The molecular weight excluding hydrogens is 232 g/mol. The van der Waals surface area contributed by atoms with Crippen LogP contribution in [0.15, 0.2) is 24.3 Å². The van der Waals surface area contributed by atoms with Crippen molar-refractivity contribution in [3.05, 3.63) is 35.4 Å². The van der Waals surface area contributed by atoms with Crippen LogP contribution in [0.3, 0.4) is 0 Å². The van der Waals surface area contributed by atoms with Gasteiger partial charge in [0, 0.05) is 10.3 Å². The van der Waals surface area contributed by atoms with Gasteiger partial charge in [-0.15, -0.1) is 0 Å². The molecule has 0 aliphatic carbocycles. The molecule has 0 bridgehead atoms. The van der Waals surface area contributed by atoms with Gasteiger partial charge in [-0.2, -0.15) is 0 Å². The lowest BCUT2D eigenvalue weighted by Crippen LogP contribution is -2.03. The first kappa shape index (κ1) is 13.5. The minimum atomic E-state index is 0.269. The number of rotatable bonds is 2. The monoisotopic (exact) mass is 250 g/mol. The van der Waals surface area contributed by atoms with Crippen LogP contribution in [-0.2, 0) is 6.42 Å². The number of hydrogen-bond donors (Lipinski definition) is 0. The number of aryl methyl sites for hydroxylation is 1. The van der Waals surface area contributed by atoms with Gasteiger partial charge in [0.2, 0.25) is 0 Å². The quantitative estimate of drug-likeness (QED) is 0.549. The van der Waals surface area contributed by atoms with Gasteiger partial charge in [-0.25, -0.2) is 0 Å². The average Bonchev–Trinajstić information content (AvgIpc) is 2.24. The molecule has 0 nitrogen and oxygen atoms in total. The molecule has 1 aromatic carbocycles. The molecule has 16 heavy (non-hydrogen) atoms. The van der Waals surface area contributed by atoms with E-state index in [1.165, 1.54) is 5.56 Å². The smallest absolute Gasteiger partial charge is 0.0254 e. The van der Waals surface area contributed by atoms with Gasteiger partial charge in [0.25, 0.3) is 0 Å². The molecule has 0 saturated carbocycles. The van der Waals surface area contributed by atoms with E-state index in [0.717, 1.165) is 12.0 Å². The molecule has 86 valence electrons. The van der Waals surface area contributed by atoms with Gasteiger partial charge in [0.15, 0.2) is 0 Å². The molecule has 0 atom stereocenters. The van der Waals surface area contributed by atoms with Crippen molar-refractivity contribution in [2.45, 2.75) is 38.9 Å². The first-order chi connectivity index (χ1) is 7.51. The van der Waals surface area contributed by atoms with Crippen LogP contribution < -0.4 is 0 Å². The summed E-state index contributed by atoms with van der Waals surface area (Å²) < 4.78 is 0.269. The van der Waals surface area contributed by atoms with Crippen LogP contribution >= 0.6 is 21.6 Å². The summed E-state index contributed by atoms with van der Waals surface area (Å²) in [4.78, 5) is 0. The van der Waals surface area contributed by atoms with Gasteiger partial charge in [-0.1, -0.05) is 56.5 Å². The lowest BCUT2D eigenvalue weighted by Gasteiger charge is -2.13. The third-order valence-electron chi connectivity index (χ3n) is 1.89. The molecule has 0 aliphatic rings. The van der Waals surface area contributed by atoms with E-state index >= 15 is 0 Å². The molecule has 1 rings (SSSR count). The maximum absolute atomic E-state index is 3.16. The van der Waals surface area contributed by atoms with Crippen LogP contribution in [0, 0.1) is 11.2 Å². The molecule has 0 heterocycles. The third kappa shape index (κ3) is 5.53. The average molecular weight is 250 g/mol. The summed E-state index contributed by atoms with van der Waals surface area (Å²) in [6, 6.07) is 8.47. The molecular formula is C14H18S2. The first-order valence-corrected chi connectivity index (χ1v) is 7.61.